The number of likely N-dealkylation sites (tertiary alicyclic amines) is 1. The molecular weight excluding hydrogens is 373 g/mol. The number of imide groups is 1. The number of carbonyl (C=O) groups is 3. The molecule has 0 radical (unpaired) electrons. The number of rotatable bonds is 3. The molecule has 3 aliphatic rings. The third-order valence-corrected chi connectivity index (χ3v) is 6.68. The molecule has 4 amide bonds. The fourth-order valence-corrected chi connectivity index (χ4v) is 4.92. The Labute approximate surface area is 170 Å². The lowest BCUT2D eigenvalue weighted by Gasteiger charge is -2.45. The summed E-state index contributed by atoms with van der Waals surface area (Å²) in [4.78, 5) is 41.5. The first kappa shape index (κ1) is 19.9. The van der Waals surface area contributed by atoms with Crippen LogP contribution in [-0.4, -0.2) is 59.0 Å². The topological polar surface area (TPSA) is 69.7 Å². The molecule has 2 saturated heterocycles. The van der Waals surface area contributed by atoms with Gasteiger partial charge in [0.05, 0.1) is 11.8 Å². The third kappa shape index (κ3) is 3.87. The van der Waals surface area contributed by atoms with Gasteiger partial charge in [-0.1, -0.05) is 30.3 Å². The lowest BCUT2D eigenvalue weighted by atomic mass is 9.80. The summed E-state index contributed by atoms with van der Waals surface area (Å²) < 4.78 is 13.8. The van der Waals surface area contributed by atoms with Gasteiger partial charge in [0.2, 0.25) is 11.8 Å². The molecule has 6 nitrogen and oxygen atoms in total. The van der Waals surface area contributed by atoms with E-state index in [1.165, 1.54) is 4.90 Å². The molecule has 1 aliphatic carbocycles. The number of benzene rings is 1. The highest BCUT2D eigenvalue weighted by Gasteiger charge is 2.47. The van der Waals surface area contributed by atoms with Crippen molar-refractivity contribution >= 4 is 17.8 Å². The number of halogens is 1. The minimum atomic E-state index is -0.976. The molecule has 0 aromatic heterocycles. The Morgan fingerprint density at radius 3 is 2.48 bits per heavy atom. The van der Waals surface area contributed by atoms with Gasteiger partial charge in [-0.05, 0) is 44.6 Å². The van der Waals surface area contributed by atoms with Crippen LogP contribution in [0.15, 0.2) is 30.3 Å². The van der Waals surface area contributed by atoms with Gasteiger partial charge in [0.25, 0.3) is 0 Å². The minimum Gasteiger partial charge on any atom is -0.342 e. The number of amides is 4. The van der Waals surface area contributed by atoms with E-state index in [-0.39, 0.29) is 42.3 Å². The second-order valence-electron chi connectivity index (χ2n) is 8.47. The molecule has 0 bridgehead atoms. The summed E-state index contributed by atoms with van der Waals surface area (Å²) in [6, 6.07) is 8.82. The van der Waals surface area contributed by atoms with E-state index in [0.717, 1.165) is 5.56 Å². The number of piperidine rings is 1. The molecule has 3 fully saturated rings. The molecule has 2 aliphatic heterocycles. The lowest BCUT2D eigenvalue weighted by molar-refractivity contribution is -0.141. The highest BCUT2D eigenvalue weighted by Crippen LogP contribution is 2.33. The maximum absolute atomic E-state index is 13.8. The smallest absolute Gasteiger partial charge is 0.324 e. The monoisotopic (exact) mass is 401 g/mol. The van der Waals surface area contributed by atoms with Crippen LogP contribution in [-0.2, 0) is 9.59 Å². The molecular formula is C22H28FN3O3. The third-order valence-electron chi connectivity index (χ3n) is 6.68. The molecule has 2 heterocycles. The van der Waals surface area contributed by atoms with E-state index in [2.05, 4.69) is 5.32 Å². The number of nitrogens with zero attached hydrogens (tertiary/aromatic N) is 2. The maximum atomic E-state index is 13.8. The van der Waals surface area contributed by atoms with Gasteiger partial charge in [-0.25, -0.2) is 9.18 Å². The molecule has 29 heavy (non-hydrogen) atoms. The number of hydrogen-bond donors (Lipinski definition) is 1. The summed E-state index contributed by atoms with van der Waals surface area (Å²) in [7, 11) is 0. The Bertz CT molecular complexity index is 779. The first-order valence-corrected chi connectivity index (χ1v) is 10.6. The zero-order valence-electron chi connectivity index (χ0n) is 16.7. The van der Waals surface area contributed by atoms with Crippen LogP contribution >= 0.6 is 0 Å². The van der Waals surface area contributed by atoms with Crippen LogP contribution in [0.4, 0.5) is 9.18 Å². The van der Waals surface area contributed by atoms with Crippen molar-refractivity contribution in [2.75, 3.05) is 13.1 Å². The van der Waals surface area contributed by atoms with Crippen LogP contribution < -0.4 is 5.32 Å². The van der Waals surface area contributed by atoms with Gasteiger partial charge in [-0.15, -0.1) is 0 Å². The van der Waals surface area contributed by atoms with E-state index in [0.29, 0.717) is 38.8 Å². The number of alkyl halides is 1. The predicted molar refractivity (Wildman–Crippen MR) is 106 cm³/mol. The number of carbonyl (C=O) groups excluding carboxylic acids is 3. The Morgan fingerprint density at radius 2 is 1.79 bits per heavy atom. The van der Waals surface area contributed by atoms with Crippen LogP contribution in [0.3, 0.4) is 0 Å². The number of fused-ring (bicyclic) bond motifs is 1. The van der Waals surface area contributed by atoms with Gasteiger partial charge >= 0.3 is 6.03 Å². The van der Waals surface area contributed by atoms with Gasteiger partial charge in [0.15, 0.2) is 0 Å². The lowest BCUT2D eigenvalue weighted by Crippen LogP contribution is -2.65. The summed E-state index contributed by atoms with van der Waals surface area (Å²) in [5.41, 5.74) is 0.981. The van der Waals surface area contributed by atoms with Crippen LogP contribution in [0.1, 0.15) is 50.5 Å². The van der Waals surface area contributed by atoms with Gasteiger partial charge in [-0.2, -0.15) is 0 Å². The second-order valence-corrected chi connectivity index (χ2v) is 8.47. The Morgan fingerprint density at radius 1 is 1.10 bits per heavy atom. The van der Waals surface area contributed by atoms with Crippen molar-refractivity contribution in [3.63, 3.8) is 0 Å². The molecule has 4 rings (SSSR count). The zero-order valence-corrected chi connectivity index (χ0v) is 16.7. The standard InChI is InChI=1S/C22H28FN3O3/c1-14(15-5-3-2-4-6-15)20(27)25-11-9-17(10-12-25)26-21(28)18-13-16(23)7-8-19(18)24-22(26)29/h2-6,14,16-19H,7-13H2,1H3,(H,24,29). The first-order chi connectivity index (χ1) is 14.0. The van der Waals surface area contributed by atoms with E-state index < -0.39 is 12.1 Å². The highest BCUT2D eigenvalue weighted by molar-refractivity contribution is 5.99. The maximum Gasteiger partial charge on any atom is 0.324 e. The van der Waals surface area contributed by atoms with Crippen molar-refractivity contribution in [2.24, 2.45) is 5.92 Å². The average Bonchev–Trinajstić information content (AvgIpc) is 2.74. The first-order valence-electron chi connectivity index (χ1n) is 10.6. The van der Waals surface area contributed by atoms with Crippen LogP contribution in [0.5, 0.6) is 0 Å². The van der Waals surface area contributed by atoms with E-state index in [1.807, 2.05) is 42.2 Å². The minimum absolute atomic E-state index is 0.0664. The van der Waals surface area contributed by atoms with Crippen LogP contribution in [0.2, 0.25) is 0 Å². The van der Waals surface area contributed by atoms with Gasteiger partial charge in [0.1, 0.15) is 6.17 Å². The van der Waals surface area contributed by atoms with Crippen molar-refractivity contribution in [2.45, 2.75) is 63.2 Å². The molecule has 156 valence electrons. The molecule has 1 N–H and O–H groups in total. The predicted octanol–water partition coefficient (Wildman–Crippen LogP) is 2.84. The quantitative estimate of drug-likeness (QED) is 0.847. The summed E-state index contributed by atoms with van der Waals surface area (Å²) in [6.07, 6.45) is 1.24. The number of hydrogen-bond acceptors (Lipinski definition) is 3. The normalized spacial score (nSPS) is 29.2. The largest absolute Gasteiger partial charge is 0.342 e. The van der Waals surface area contributed by atoms with Gasteiger partial charge in [0, 0.05) is 25.2 Å². The average molecular weight is 401 g/mol. The molecule has 1 aromatic carbocycles. The van der Waals surface area contributed by atoms with E-state index >= 15 is 0 Å². The summed E-state index contributed by atoms with van der Waals surface area (Å²) in [5.74, 6) is -0.869. The van der Waals surface area contributed by atoms with E-state index in [1.54, 1.807) is 0 Å². The van der Waals surface area contributed by atoms with Gasteiger partial charge in [-0.3, -0.25) is 14.5 Å². The Hall–Kier alpha value is -2.44. The molecule has 4 unspecified atom stereocenters. The number of urea groups is 1. The fourth-order valence-electron chi connectivity index (χ4n) is 4.92. The number of nitrogens with one attached hydrogen (secondary N) is 1. The summed E-state index contributed by atoms with van der Waals surface area (Å²) in [5, 5.41) is 2.91. The fraction of sp³-hybridized carbons (Fsp3) is 0.591. The zero-order chi connectivity index (χ0) is 20.5. The van der Waals surface area contributed by atoms with Crippen molar-refractivity contribution in [1.29, 1.82) is 0 Å². The molecule has 1 aromatic rings. The molecule has 1 saturated carbocycles. The van der Waals surface area contributed by atoms with Crippen LogP contribution in [0, 0.1) is 5.92 Å². The highest BCUT2D eigenvalue weighted by atomic mass is 19.1. The molecule has 0 spiro atoms. The second kappa shape index (κ2) is 8.13. The van der Waals surface area contributed by atoms with Crippen molar-refractivity contribution in [3.05, 3.63) is 35.9 Å². The van der Waals surface area contributed by atoms with E-state index in [9.17, 15) is 18.8 Å². The summed E-state index contributed by atoms with van der Waals surface area (Å²) in [6.45, 7) is 2.93. The van der Waals surface area contributed by atoms with Crippen LogP contribution in [0.25, 0.3) is 0 Å². The molecule has 4 atom stereocenters. The van der Waals surface area contributed by atoms with E-state index in [4.69, 9.17) is 0 Å². The van der Waals surface area contributed by atoms with Gasteiger partial charge < -0.3 is 10.2 Å². The Balaban J connectivity index is 1.38. The van der Waals surface area contributed by atoms with Crippen molar-refractivity contribution in [1.82, 2.24) is 15.1 Å². The SMILES string of the molecule is CC(C(=O)N1CCC(N2C(=O)NC3CCC(F)CC3C2=O)CC1)c1ccccc1. The Kier molecular flexibility index (Phi) is 5.56. The van der Waals surface area contributed by atoms with Crippen molar-refractivity contribution < 1.29 is 18.8 Å². The summed E-state index contributed by atoms with van der Waals surface area (Å²) >= 11 is 0. The molecule has 7 heteroatoms. The van der Waals surface area contributed by atoms with Crippen molar-refractivity contribution in [3.8, 4) is 0 Å².